The minimum atomic E-state index is -0.0681. The lowest BCUT2D eigenvalue weighted by Crippen LogP contribution is -2.34. The van der Waals surface area contributed by atoms with Crippen molar-refractivity contribution in [2.75, 3.05) is 33.4 Å². The van der Waals surface area contributed by atoms with E-state index in [1.165, 1.54) is 0 Å². The van der Waals surface area contributed by atoms with Crippen LogP contribution in [0.2, 0.25) is 0 Å². The third-order valence-corrected chi connectivity index (χ3v) is 3.00. The number of halogens is 1. The van der Waals surface area contributed by atoms with E-state index in [0.717, 1.165) is 10.9 Å². The molecule has 1 N–H and O–H groups in total. The Morgan fingerprint density at radius 2 is 2.22 bits per heavy atom. The van der Waals surface area contributed by atoms with Gasteiger partial charge in [-0.3, -0.25) is 4.79 Å². The fourth-order valence-electron chi connectivity index (χ4n) is 1.64. The van der Waals surface area contributed by atoms with Crippen LogP contribution >= 0.6 is 15.9 Å². The average molecular weight is 316 g/mol. The van der Waals surface area contributed by atoms with Crippen molar-refractivity contribution in [2.45, 2.75) is 6.42 Å². The standard InChI is InChI=1S/C13H18BrNO3/c1-18-9-3-6-15(7-8-16)13(17)11-4-2-5-12(14)10-11/h2,4-5,10,16H,3,6-9H2,1H3. The highest BCUT2D eigenvalue weighted by Gasteiger charge is 2.14. The van der Waals surface area contributed by atoms with Gasteiger partial charge in [-0.2, -0.15) is 0 Å². The number of carbonyl (C=O) groups excluding carboxylic acids is 1. The summed E-state index contributed by atoms with van der Waals surface area (Å²) in [4.78, 5) is 13.9. The monoisotopic (exact) mass is 315 g/mol. The summed E-state index contributed by atoms with van der Waals surface area (Å²) in [7, 11) is 1.63. The molecule has 0 bridgehead atoms. The Kier molecular flexibility index (Phi) is 6.93. The molecule has 1 rings (SSSR count). The van der Waals surface area contributed by atoms with Crippen molar-refractivity contribution in [3.8, 4) is 0 Å². The number of carbonyl (C=O) groups is 1. The van der Waals surface area contributed by atoms with E-state index in [1.807, 2.05) is 12.1 Å². The van der Waals surface area contributed by atoms with Gasteiger partial charge in [0.1, 0.15) is 0 Å². The van der Waals surface area contributed by atoms with Gasteiger partial charge in [0.25, 0.3) is 5.91 Å². The molecule has 0 fully saturated rings. The van der Waals surface area contributed by atoms with Crippen LogP contribution in [0.15, 0.2) is 28.7 Å². The predicted octanol–water partition coefficient (Wildman–Crippen LogP) is 1.92. The van der Waals surface area contributed by atoms with Crippen molar-refractivity contribution in [1.29, 1.82) is 0 Å². The lowest BCUT2D eigenvalue weighted by molar-refractivity contribution is 0.0701. The summed E-state index contributed by atoms with van der Waals surface area (Å²) in [5, 5.41) is 9.01. The van der Waals surface area contributed by atoms with E-state index in [4.69, 9.17) is 9.84 Å². The zero-order valence-corrected chi connectivity index (χ0v) is 12.0. The van der Waals surface area contributed by atoms with E-state index >= 15 is 0 Å². The van der Waals surface area contributed by atoms with Crippen LogP contribution in [0.5, 0.6) is 0 Å². The number of nitrogens with zero attached hydrogens (tertiary/aromatic N) is 1. The molecule has 0 aliphatic heterocycles. The fourth-order valence-corrected chi connectivity index (χ4v) is 2.04. The van der Waals surface area contributed by atoms with Gasteiger partial charge < -0.3 is 14.7 Å². The Morgan fingerprint density at radius 3 is 2.83 bits per heavy atom. The van der Waals surface area contributed by atoms with Gasteiger partial charge in [0, 0.05) is 36.8 Å². The molecule has 5 heteroatoms. The molecule has 0 radical (unpaired) electrons. The first-order valence-corrected chi connectivity index (χ1v) is 6.63. The van der Waals surface area contributed by atoms with Gasteiger partial charge in [0.05, 0.1) is 6.61 Å². The summed E-state index contributed by atoms with van der Waals surface area (Å²) in [5.41, 5.74) is 0.621. The molecule has 1 amide bonds. The SMILES string of the molecule is COCCCN(CCO)C(=O)c1cccc(Br)c1. The van der Waals surface area contributed by atoms with Gasteiger partial charge in [-0.15, -0.1) is 0 Å². The second-order valence-corrected chi connectivity index (χ2v) is 4.79. The molecule has 0 saturated heterocycles. The van der Waals surface area contributed by atoms with E-state index in [2.05, 4.69) is 15.9 Å². The maximum absolute atomic E-state index is 12.2. The fraction of sp³-hybridized carbons (Fsp3) is 0.462. The molecule has 1 aromatic carbocycles. The predicted molar refractivity (Wildman–Crippen MR) is 73.6 cm³/mol. The minimum Gasteiger partial charge on any atom is -0.395 e. The second-order valence-electron chi connectivity index (χ2n) is 3.87. The maximum atomic E-state index is 12.2. The molecule has 100 valence electrons. The number of hydrogen-bond acceptors (Lipinski definition) is 3. The topological polar surface area (TPSA) is 49.8 Å². The Morgan fingerprint density at radius 1 is 1.44 bits per heavy atom. The molecular formula is C13H18BrNO3. The highest BCUT2D eigenvalue weighted by molar-refractivity contribution is 9.10. The van der Waals surface area contributed by atoms with Gasteiger partial charge in [0.2, 0.25) is 0 Å². The average Bonchev–Trinajstić information content (AvgIpc) is 2.37. The third kappa shape index (κ3) is 4.76. The number of hydrogen-bond donors (Lipinski definition) is 1. The summed E-state index contributed by atoms with van der Waals surface area (Å²) in [6, 6.07) is 7.25. The Bertz CT molecular complexity index is 384. The van der Waals surface area contributed by atoms with Gasteiger partial charge in [-0.1, -0.05) is 22.0 Å². The minimum absolute atomic E-state index is 0.0350. The second kappa shape index (κ2) is 8.24. The number of aliphatic hydroxyl groups is 1. The quantitative estimate of drug-likeness (QED) is 0.782. The van der Waals surface area contributed by atoms with Crippen LogP contribution in [0.1, 0.15) is 16.8 Å². The van der Waals surface area contributed by atoms with Crippen molar-refractivity contribution in [2.24, 2.45) is 0 Å². The maximum Gasteiger partial charge on any atom is 0.253 e. The van der Waals surface area contributed by atoms with Crippen LogP contribution in [0.4, 0.5) is 0 Å². The van der Waals surface area contributed by atoms with Gasteiger partial charge in [-0.25, -0.2) is 0 Å². The number of aliphatic hydroxyl groups excluding tert-OH is 1. The molecular weight excluding hydrogens is 298 g/mol. The number of methoxy groups -OCH3 is 1. The molecule has 0 aliphatic rings. The van der Waals surface area contributed by atoms with Gasteiger partial charge in [-0.05, 0) is 24.6 Å². The normalized spacial score (nSPS) is 10.4. The molecule has 0 heterocycles. The van der Waals surface area contributed by atoms with Crippen molar-refractivity contribution in [3.63, 3.8) is 0 Å². The summed E-state index contributed by atoms with van der Waals surface area (Å²) < 4.78 is 5.84. The molecule has 0 aromatic heterocycles. The summed E-state index contributed by atoms with van der Waals surface area (Å²) >= 11 is 3.34. The van der Waals surface area contributed by atoms with Crippen LogP contribution in [0, 0.1) is 0 Å². The number of amides is 1. The first kappa shape index (κ1) is 15.1. The highest BCUT2D eigenvalue weighted by atomic mass is 79.9. The number of rotatable bonds is 7. The molecule has 0 saturated carbocycles. The van der Waals surface area contributed by atoms with Crippen molar-refractivity contribution in [1.82, 2.24) is 4.90 Å². The van der Waals surface area contributed by atoms with Crippen LogP contribution in [-0.2, 0) is 4.74 Å². The Labute approximate surface area is 116 Å². The zero-order valence-electron chi connectivity index (χ0n) is 10.4. The van der Waals surface area contributed by atoms with Gasteiger partial charge in [0.15, 0.2) is 0 Å². The van der Waals surface area contributed by atoms with Crippen molar-refractivity contribution in [3.05, 3.63) is 34.3 Å². The third-order valence-electron chi connectivity index (χ3n) is 2.51. The zero-order chi connectivity index (χ0) is 13.4. The summed E-state index contributed by atoms with van der Waals surface area (Å²) in [5.74, 6) is -0.0681. The van der Waals surface area contributed by atoms with Crippen LogP contribution < -0.4 is 0 Å². The van der Waals surface area contributed by atoms with E-state index in [0.29, 0.717) is 25.3 Å². The molecule has 0 aliphatic carbocycles. The smallest absolute Gasteiger partial charge is 0.253 e. The molecule has 0 spiro atoms. The van der Waals surface area contributed by atoms with Crippen molar-refractivity contribution >= 4 is 21.8 Å². The van der Waals surface area contributed by atoms with E-state index in [1.54, 1.807) is 24.1 Å². The lowest BCUT2D eigenvalue weighted by atomic mass is 10.2. The van der Waals surface area contributed by atoms with Crippen LogP contribution in [-0.4, -0.2) is 49.3 Å². The van der Waals surface area contributed by atoms with Crippen LogP contribution in [0.25, 0.3) is 0 Å². The Hall–Kier alpha value is -0.910. The van der Waals surface area contributed by atoms with E-state index < -0.39 is 0 Å². The molecule has 18 heavy (non-hydrogen) atoms. The van der Waals surface area contributed by atoms with Crippen LogP contribution in [0.3, 0.4) is 0 Å². The van der Waals surface area contributed by atoms with E-state index in [-0.39, 0.29) is 12.5 Å². The molecule has 0 atom stereocenters. The molecule has 1 aromatic rings. The summed E-state index contributed by atoms with van der Waals surface area (Å²) in [6.07, 6.45) is 0.760. The highest BCUT2D eigenvalue weighted by Crippen LogP contribution is 2.13. The van der Waals surface area contributed by atoms with Crippen molar-refractivity contribution < 1.29 is 14.6 Å². The first-order valence-electron chi connectivity index (χ1n) is 5.83. The van der Waals surface area contributed by atoms with Gasteiger partial charge >= 0.3 is 0 Å². The molecule has 0 unspecified atom stereocenters. The first-order chi connectivity index (χ1) is 8.69. The number of ether oxygens (including phenoxy) is 1. The lowest BCUT2D eigenvalue weighted by Gasteiger charge is -2.21. The Balaban J connectivity index is 2.69. The molecule has 4 nitrogen and oxygen atoms in total. The largest absolute Gasteiger partial charge is 0.395 e. The number of benzene rings is 1. The van der Waals surface area contributed by atoms with E-state index in [9.17, 15) is 4.79 Å². The summed E-state index contributed by atoms with van der Waals surface area (Å²) in [6.45, 7) is 1.50.